The Morgan fingerprint density at radius 1 is 1.05 bits per heavy atom. The molecular weight excluding hydrogens is 248 g/mol. The van der Waals surface area contributed by atoms with Crippen molar-refractivity contribution in [3.8, 4) is 0 Å². The Balaban J connectivity index is 2.06. The van der Waals surface area contributed by atoms with Crippen molar-refractivity contribution in [1.82, 2.24) is 0 Å². The molecule has 1 aromatic carbocycles. The lowest BCUT2D eigenvalue weighted by molar-refractivity contribution is 0.100. The maximum atomic E-state index is 11.1. The molecule has 0 fully saturated rings. The van der Waals surface area contributed by atoms with Crippen LogP contribution in [0.1, 0.15) is 68.6 Å². The van der Waals surface area contributed by atoms with Gasteiger partial charge in [0.15, 0.2) is 0 Å². The molecule has 112 valence electrons. The van der Waals surface area contributed by atoms with Crippen molar-refractivity contribution in [2.24, 2.45) is 5.73 Å². The Bertz CT molecular complexity index is 390. The fraction of sp³-hybridized carbons (Fsp3) is 0.588. The molecule has 0 radical (unpaired) electrons. The molecule has 0 bridgehead atoms. The van der Waals surface area contributed by atoms with Crippen LogP contribution in [0.25, 0.3) is 0 Å². The van der Waals surface area contributed by atoms with Gasteiger partial charge in [-0.25, -0.2) is 0 Å². The molecular formula is C17H28N2O. The van der Waals surface area contributed by atoms with E-state index in [1.165, 1.54) is 51.4 Å². The third-order valence-electron chi connectivity index (χ3n) is 3.51. The van der Waals surface area contributed by atoms with Crippen LogP contribution in [0.2, 0.25) is 0 Å². The van der Waals surface area contributed by atoms with Gasteiger partial charge in [0.2, 0.25) is 5.91 Å². The first-order valence-electron chi connectivity index (χ1n) is 7.87. The number of primary amides is 1. The third kappa shape index (κ3) is 7.17. The molecule has 1 rings (SSSR count). The van der Waals surface area contributed by atoms with Gasteiger partial charge in [-0.05, 0) is 24.6 Å². The molecule has 0 saturated carbocycles. The van der Waals surface area contributed by atoms with E-state index in [2.05, 4.69) is 12.2 Å². The second kappa shape index (κ2) is 10.3. The van der Waals surface area contributed by atoms with Gasteiger partial charge in [-0.1, -0.05) is 57.9 Å². The van der Waals surface area contributed by atoms with Crippen LogP contribution < -0.4 is 11.1 Å². The zero-order valence-electron chi connectivity index (χ0n) is 12.7. The molecule has 0 saturated heterocycles. The Morgan fingerprint density at radius 3 is 2.35 bits per heavy atom. The molecule has 0 atom stereocenters. The highest BCUT2D eigenvalue weighted by molar-refractivity contribution is 5.93. The number of anilines is 1. The van der Waals surface area contributed by atoms with Crippen LogP contribution in [0.15, 0.2) is 24.3 Å². The van der Waals surface area contributed by atoms with E-state index in [0.717, 1.165) is 12.2 Å². The number of benzene rings is 1. The molecule has 0 aliphatic carbocycles. The molecule has 1 amide bonds. The summed E-state index contributed by atoms with van der Waals surface area (Å²) in [5.74, 6) is -0.374. The SMILES string of the molecule is CCCCCCCCCCNc1cccc(C(N)=O)c1. The van der Waals surface area contributed by atoms with E-state index in [0.29, 0.717) is 5.56 Å². The molecule has 1 aromatic rings. The van der Waals surface area contributed by atoms with Gasteiger partial charge in [-0.3, -0.25) is 4.79 Å². The number of carbonyl (C=O) groups is 1. The summed E-state index contributed by atoms with van der Waals surface area (Å²) in [7, 11) is 0. The van der Waals surface area contributed by atoms with E-state index in [1.807, 2.05) is 18.2 Å². The summed E-state index contributed by atoms with van der Waals surface area (Å²) in [5, 5.41) is 3.34. The van der Waals surface area contributed by atoms with E-state index in [-0.39, 0.29) is 5.91 Å². The second-order valence-electron chi connectivity index (χ2n) is 5.35. The van der Waals surface area contributed by atoms with Crippen molar-refractivity contribution in [2.45, 2.75) is 58.3 Å². The van der Waals surface area contributed by atoms with Gasteiger partial charge in [0.25, 0.3) is 0 Å². The monoisotopic (exact) mass is 276 g/mol. The largest absolute Gasteiger partial charge is 0.385 e. The van der Waals surface area contributed by atoms with Crippen molar-refractivity contribution in [1.29, 1.82) is 0 Å². The Morgan fingerprint density at radius 2 is 1.70 bits per heavy atom. The first kappa shape index (κ1) is 16.5. The van der Waals surface area contributed by atoms with Crippen LogP contribution >= 0.6 is 0 Å². The van der Waals surface area contributed by atoms with Crippen LogP contribution in [0.5, 0.6) is 0 Å². The highest BCUT2D eigenvalue weighted by atomic mass is 16.1. The van der Waals surface area contributed by atoms with Crippen molar-refractivity contribution in [2.75, 3.05) is 11.9 Å². The van der Waals surface area contributed by atoms with E-state index in [4.69, 9.17) is 5.73 Å². The van der Waals surface area contributed by atoms with Gasteiger partial charge in [-0.15, -0.1) is 0 Å². The van der Waals surface area contributed by atoms with Crippen LogP contribution in [-0.2, 0) is 0 Å². The van der Waals surface area contributed by atoms with E-state index in [9.17, 15) is 4.79 Å². The standard InChI is InChI=1S/C17H28N2O/c1-2-3-4-5-6-7-8-9-13-19-16-12-10-11-15(14-16)17(18)20/h10-12,14,19H,2-9,13H2,1H3,(H2,18,20). The molecule has 3 N–H and O–H groups in total. The summed E-state index contributed by atoms with van der Waals surface area (Å²) in [5.41, 5.74) is 6.80. The number of amides is 1. The summed E-state index contributed by atoms with van der Waals surface area (Å²) >= 11 is 0. The van der Waals surface area contributed by atoms with Crippen LogP contribution in [0.3, 0.4) is 0 Å². The lowest BCUT2D eigenvalue weighted by atomic mass is 10.1. The van der Waals surface area contributed by atoms with Gasteiger partial charge >= 0.3 is 0 Å². The third-order valence-corrected chi connectivity index (χ3v) is 3.51. The molecule has 20 heavy (non-hydrogen) atoms. The topological polar surface area (TPSA) is 55.1 Å². The molecule has 0 aromatic heterocycles. The highest BCUT2D eigenvalue weighted by Gasteiger charge is 2.00. The Hall–Kier alpha value is -1.51. The number of hydrogen-bond donors (Lipinski definition) is 2. The quantitative estimate of drug-likeness (QED) is 0.591. The number of nitrogens with two attached hydrogens (primary N) is 1. The fourth-order valence-corrected chi connectivity index (χ4v) is 2.27. The molecule has 3 nitrogen and oxygen atoms in total. The number of rotatable bonds is 11. The first-order chi connectivity index (χ1) is 9.74. The fourth-order valence-electron chi connectivity index (χ4n) is 2.27. The molecule has 0 unspecified atom stereocenters. The number of hydrogen-bond acceptors (Lipinski definition) is 2. The number of carbonyl (C=O) groups excluding carboxylic acids is 1. The van der Waals surface area contributed by atoms with Gasteiger partial charge in [0, 0.05) is 17.8 Å². The van der Waals surface area contributed by atoms with Gasteiger partial charge in [-0.2, -0.15) is 0 Å². The van der Waals surface area contributed by atoms with Crippen LogP contribution in [-0.4, -0.2) is 12.5 Å². The van der Waals surface area contributed by atoms with Crippen LogP contribution in [0.4, 0.5) is 5.69 Å². The molecule has 0 aliphatic heterocycles. The van der Waals surface area contributed by atoms with Crippen molar-refractivity contribution < 1.29 is 4.79 Å². The second-order valence-corrected chi connectivity index (χ2v) is 5.35. The summed E-state index contributed by atoms with van der Waals surface area (Å²) in [6.45, 7) is 3.20. The molecule has 0 spiro atoms. The molecule has 0 aliphatic rings. The van der Waals surface area contributed by atoms with E-state index in [1.54, 1.807) is 6.07 Å². The average molecular weight is 276 g/mol. The summed E-state index contributed by atoms with van der Waals surface area (Å²) in [6, 6.07) is 7.38. The van der Waals surface area contributed by atoms with Gasteiger partial charge < -0.3 is 11.1 Å². The van der Waals surface area contributed by atoms with Crippen molar-refractivity contribution in [3.63, 3.8) is 0 Å². The Kier molecular flexibility index (Phi) is 8.52. The summed E-state index contributed by atoms with van der Waals surface area (Å²) in [6.07, 6.45) is 10.6. The number of unbranched alkanes of at least 4 members (excludes halogenated alkanes) is 7. The van der Waals surface area contributed by atoms with Crippen LogP contribution in [0, 0.1) is 0 Å². The van der Waals surface area contributed by atoms with Gasteiger partial charge in [0.05, 0.1) is 0 Å². The minimum absolute atomic E-state index is 0.374. The van der Waals surface area contributed by atoms with E-state index < -0.39 is 0 Å². The summed E-state index contributed by atoms with van der Waals surface area (Å²) < 4.78 is 0. The van der Waals surface area contributed by atoms with E-state index >= 15 is 0 Å². The van der Waals surface area contributed by atoms with Crippen molar-refractivity contribution >= 4 is 11.6 Å². The maximum Gasteiger partial charge on any atom is 0.248 e. The predicted molar refractivity (Wildman–Crippen MR) is 86.1 cm³/mol. The smallest absolute Gasteiger partial charge is 0.248 e. The maximum absolute atomic E-state index is 11.1. The minimum Gasteiger partial charge on any atom is -0.385 e. The van der Waals surface area contributed by atoms with Gasteiger partial charge in [0.1, 0.15) is 0 Å². The predicted octanol–water partition coefficient (Wildman–Crippen LogP) is 4.34. The van der Waals surface area contributed by atoms with Crippen molar-refractivity contribution in [3.05, 3.63) is 29.8 Å². The highest BCUT2D eigenvalue weighted by Crippen LogP contribution is 2.11. The first-order valence-corrected chi connectivity index (χ1v) is 7.87. The lowest BCUT2D eigenvalue weighted by Gasteiger charge is -2.07. The zero-order valence-corrected chi connectivity index (χ0v) is 12.7. The average Bonchev–Trinajstić information content (AvgIpc) is 2.46. The summed E-state index contributed by atoms with van der Waals surface area (Å²) in [4.78, 5) is 11.1. The minimum atomic E-state index is -0.374. The normalized spacial score (nSPS) is 10.4. The lowest BCUT2D eigenvalue weighted by Crippen LogP contribution is -2.11. The molecule has 0 heterocycles. The number of nitrogens with one attached hydrogen (secondary N) is 1. The molecule has 3 heteroatoms. The Labute approximate surface area is 122 Å². The zero-order chi connectivity index (χ0) is 14.6.